The predicted octanol–water partition coefficient (Wildman–Crippen LogP) is 6.33. The maximum absolute atomic E-state index is 14.6. The summed E-state index contributed by atoms with van der Waals surface area (Å²) in [5, 5.41) is 9.89. The van der Waals surface area contributed by atoms with Crippen LogP contribution in [0.3, 0.4) is 0 Å². The van der Waals surface area contributed by atoms with E-state index in [0.29, 0.717) is 39.7 Å². The van der Waals surface area contributed by atoms with E-state index in [1.54, 1.807) is 54.6 Å². The van der Waals surface area contributed by atoms with Crippen molar-refractivity contribution in [1.29, 1.82) is 0 Å². The molecule has 2 amide bonds. The Kier molecular flexibility index (Phi) is 8.06. The molecule has 1 aromatic heterocycles. The van der Waals surface area contributed by atoms with Crippen LogP contribution in [0.1, 0.15) is 29.0 Å². The van der Waals surface area contributed by atoms with Crippen LogP contribution in [0.15, 0.2) is 85.1 Å². The number of hydrogen-bond donors (Lipinski definition) is 2. The molecule has 0 spiro atoms. The van der Waals surface area contributed by atoms with Gasteiger partial charge in [-0.15, -0.1) is 0 Å². The Labute approximate surface area is 249 Å². The first-order chi connectivity index (χ1) is 20.0. The van der Waals surface area contributed by atoms with E-state index in [4.69, 9.17) is 33.0 Å². The number of nitrogens with zero attached hydrogens (tertiary/aromatic N) is 2. The molecule has 1 saturated heterocycles. The Bertz CT molecular complexity index is 1560. The van der Waals surface area contributed by atoms with E-state index in [0.717, 1.165) is 5.01 Å². The second-order valence-electron chi connectivity index (χ2n) is 9.79. The third-order valence-electron chi connectivity index (χ3n) is 7.52. The second kappa shape index (κ2) is 11.4. The lowest BCUT2D eigenvalue weighted by molar-refractivity contribution is -0.139. The fraction of sp³-hybridized carbons (Fsp3) is 0.233. The van der Waals surface area contributed by atoms with E-state index >= 15 is 0 Å². The highest BCUT2D eigenvalue weighted by Crippen LogP contribution is 2.57. The van der Waals surface area contributed by atoms with E-state index in [-0.39, 0.29) is 25.5 Å². The normalized spacial score (nSPS) is 22.0. The molecule has 5 rings (SSSR count). The summed E-state index contributed by atoms with van der Waals surface area (Å²) in [7, 11) is 0. The van der Waals surface area contributed by atoms with Gasteiger partial charge in [0.05, 0.1) is 28.5 Å². The number of anilines is 1. The molecule has 218 valence electrons. The number of aromatic nitrogens is 1. The van der Waals surface area contributed by atoms with Gasteiger partial charge in [0.15, 0.2) is 5.82 Å². The van der Waals surface area contributed by atoms with E-state index < -0.39 is 45.8 Å². The minimum atomic E-state index is -4.68. The SMILES string of the molecule is C=CC1=CCC2C(=O)N(Nc3ncc(C(F)(F)F)cc3Cl)C(=O)C2(c2ccc(Cl)cc2)C1c1ccc(OCCO)cc1. The number of nitrogens with one attached hydrogen (secondary N) is 1. The number of benzene rings is 2. The Morgan fingerprint density at radius 3 is 2.43 bits per heavy atom. The molecule has 2 heterocycles. The van der Waals surface area contributed by atoms with Crippen LogP contribution in [0.2, 0.25) is 10.0 Å². The fourth-order valence-electron chi connectivity index (χ4n) is 5.71. The highest BCUT2D eigenvalue weighted by atomic mass is 35.5. The van der Waals surface area contributed by atoms with Crippen molar-refractivity contribution in [3.63, 3.8) is 0 Å². The Morgan fingerprint density at radius 1 is 1.14 bits per heavy atom. The standard InChI is InChI=1S/C30H24Cl2F3N3O4/c1-2-17-5-12-23-27(40)38(37-26-24(32)15-20(16-36-26)30(33,34)35)28(41)29(23,19-6-8-21(31)9-7-19)25(17)18-3-10-22(11-4-18)42-14-13-39/h2-11,15-16,23,25,39H,1,12-14H2,(H,36,37). The van der Waals surface area contributed by atoms with Crippen molar-refractivity contribution >= 4 is 40.8 Å². The third-order valence-corrected chi connectivity index (χ3v) is 8.06. The van der Waals surface area contributed by atoms with Crippen LogP contribution < -0.4 is 10.2 Å². The molecule has 1 aliphatic carbocycles. The zero-order chi connectivity index (χ0) is 30.2. The molecule has 12 heteroatoms. The van der Waals surface area contributed by atoms with Crippen LogP contribution in [0.5, 0.6) is 5.75 Å². The summed E-state index contributed by atoms with van der Waals surface area (Å²) < 4.78 is 45.0. The van der Waals surface area contributed by atoms with E-state index in [9.17, 15) is 22.8 Å². The number of aliphatic hydroxyl groups excluding tert-OH is 1. The first-order valence-electron chi connectivity index (χ1n) is 12.8. The summed E-state index contributed by atoms with van der Waals surface area (Å²) in [5.41, 5.74) is 1.94. The largest absolute Gasteiger partial charge is 0.491 e. The van der Waals surface area contributed by atoms with E-state index in [1.165, 1.54) is 0 Å². The van der Waals surface area contributed by atoms with Crippen LogP contribution in [0.4, 0.5) is 19.0 Å². The highest BCUT2D eigenvalue weighted by molar-refractivity contribution is 6.33. The van der Waals surface area contributed by atoms with Crippen molar-refractivity contribution in [3.05, 3.63) is 112 Å². The number of carbonyl (C=O) groups is 2. The first kappa shape index (κ1) is 29.6. The molecule has 3 unspecified atom stereocenters. The molecule has 1 fully saturated rings. The van der Waals surface area contributed by atoms with Crippen LogP contribution in [0.25, 0.3) is 0 Å². The van der Waals surface area contributed by atoms with Gasteiger partial charge in [0, 0.05) is 17.1 Å². The topological polar surface area (TPSA) is 91.8 Å². The number of imide groups is 1. The van der Waals surface area contributed by atoms with Crippen molar-refractivity contribution in [1.82, 2.24) is 9.99 Å². The number of hydrazine groups is 1. The number of carbonyl (C=O) groups excluding carboxylic acids is 2. The zero-order valence-corrected chi connectivity index (χ0v) is 23.4. The Hall–Kier alpha value is -3.86. The molecule has 2 aromatic carbocycles. The van der Waals surface area contributed by atoms with Crippen LogP contribution in [0, 0.1) is 5.92 Å². The van der Waals surface area contributed by atoms with Gasteiger partial charge in [0.2, 0.25) is 0 Å². The van der Waals surface area contributed by atoms with Gasteiger partial charge in [-0.1, -0.05) is 66.2 Å². The smallest absolute Gasteiger partial charge is 0.417 e. The maximum Gasteiger partial charge on any atom is 0.417 e. The van der Waals surface area contributed by atoms with Gasteiger partial charge in [-0.3, -0.25) is 15.0 Å². The lowest BCUT2D eigenvalue weighted by Gasteiger charge is -2.43. The number of amides is 2. The predicted molar refractivity (Wildman–Crippen MR) is 151 cm³/mol. The molecule has 2 N–H and O–H groups in total. The molecule has 1 aliphatic heterocycles. The minimum Gasteiger partial charge on any atom is -0.491 e. The first-order valence-corrected chi connectivity index (χ1v) is 13.6. The molecule has 7 nitrogen and oxygen atoms in total. The average Bonchev–Trinajstić information content (AvgIpc) is 3.18. The van der Waals surface area contributed by atoms with Crippen molar-refractivity contribution in [2.45, 2.75) is 23.9 Å². The van der Waals surface area contributed by atoms with Crippen molar-refractivity contribution in [2.24, 2.45) is 5.92 Å². The van der Waals surface area contributed by atoms with Crippen LogP contribution in [-0.4, -0.2) is 40.1 Å². The zero-order valence-electron chi connectivity index (χ0n) is 21.9. The number of hydrogen-bond acceptors (Lipinski definition) is 6. The van der Waals surface area contributed by atoms with Crippen molar-refractivity contribution in [3.8, 4) is 5.75 Å². The maximum atomic E-state index is 14.6. The van der Waals surface area contributed by atoms with Gasteiger partial charge in [0.25, 0.3) is 11.8 Å². The second-order valence-corrected chi connectivity index (χ2v) is 10.6. The molecule has 3 aromatic rings. The summed E-state index contributed by atoms with van der Waals surface area (Å²) in [6.07, 6.45) is -0.431. The number of halogens is 5. The van der Waals surface area contributed by atoms with Crippen molar-refractivity contribution < 1.29 is 32.6 Å². The summed E-state index contributed by atoms with van der Waals surface area (Å²) in [4.78, 5) is 32.3. The summed E-state index contributed by atoms with van der Waals surface area (Å²) in [6.45, 7) is 3.90. The van der Waals surface area contributed by atoms with Gasteiger partial charge in [-0.2, -0.15) is 18.2 Å². The third kappa shape index (κ3) is 5.04. The minimum absolute atomic E-state index is 0.103. The Morgan fingerprint density at radius 2 is 1.83 bits per heavy atom. The van der Waals surface area contributed by atoms with E-state index in [1.807, 2.05) is 6.08 Å². The Balaban J connectivity index is 1.64. The lowest BCUT2D eigenvalue weighted by atomic mass is 9.56. The molecule has 2 aliphatic rings. The number of alkyl halides is 3. The monoisotopic (exact) mass is 617 g/mol. The van der Waals surface area contributed by atoms with Gasteiger partial charge in [-0.25, -0.2) is 4.98 Å². The number of rotatable bonds is 8. The van der Waals surface area contributed by atoms with Gasteiger partial charge >= 0.3 is 6.18 Å². The van der Waals surface area contributed by atoms with E-state index in [2.05, 4.69) is 17.0 Å². The molecule has 42 heavy (non-hydrogen) atoms. The molecule has 0 saturated carbocycles. The fourth-order valence-corrected chi connectivity index (χ4v) is 6.05. The number of fused-ring (bicyclic) bond motifs is 1. The van der Waals surface area contributed by atoms with Crippen molar-refractivity contribution in [2.75, 3.05) is 18.6 Å². The summed E-state index contributed by atoms with van der Waals surface area (Å²) >= 11 is 12.3. The number of ether oxygens (including phenoxy) is 1. The molecule has 3 atom stereocenters. The van der Waals surface area contributed by atoms with Gasteiger partial charge in [0.1, 0.15) is 12.4 Å². The summed E-state index contributed by atoms with van der Waals surface area (Å²) in [6, 6.07) is 14.2. The van der Waals surface area contributed by atoms with Crippen LogP contribution >= 0.6 is 23.2 Å². The molecule has 0 bridgehead atoms. The average molecular weight is 618 g/mol. The summed E-state index contributed by atoms with van der Waals surface area (Å²) in [5.74, 6) is -2.61. The van der Waals surface area contributed by atoms with Gasteiger partial charge in [-0.05, 0) is 53.5 Å². The quantitative estimate of drug-likeness (QED) is 0.287. The molecule has 0 radical (unpaired) electrons. The number of allylic oxidation sites excluding steroid dienone is 3. The molecular weight excluding hydrogens is 594 g/mol. The van der Waals surface area contributed by atoms with Crippen LogP contribution in [-0.2, 0) is 21.2 Å². The lowest BCUT2D eigenvalue weighted by Crippen LogP contribution is -2.48. The van der Waals surface area contributed by atoms with Gasteiger partial charge < -0.3 is 9.84 Å². The highest BCUT2D eigenvalue weighted by Gasteiger charge is 2.66. The molecular formula is C30H24Cl2F3N3O4. The number of aliphatic hydroxyl groups is 1. The number of pyridine rings is 1.